The standard InChI is InChI=1S/C26H27F3N2O4/c1-34-21-13-12-20(16-22(21)35-2)31(15-14-17-8-10-19(11-9-17)26(27,28)29)25(33)23(24(30)32)18-6-4-3-5-7-18/h3-13,16,23-24,32H,14-15,30H2,1-2H3. The molecule has 3 N–H and O–H groups in total. The Bertz CT molecular complexity index is 1120. The average molecular weight is 489 g/mol. The number of hydrogen-bond donors (Lipinski definition) is 2. The van der Waals surface area contributed by atoms with Crippen molar-refractivity contribution in [2.75, 3.05) is 25.7 Å². The Labute approximate surface area is 201 Å². The van der Waals surface area contributed by atoms with Gasteiger partial charge in [-0.15, -0.1) is 0 Å². The normalized spacial score (nSPS) is 13.1. The van der Waals surface area contributed by atoms with Crippen LogP contribution in [0.15, 0.2) is 72.8 Å². The molecule has 0 bridgehead atoms. The summed E-state index contributed by atoms with van der Waals surface area (Å²) >= 11 is 0. The fourth-order valence-corrected chi connectivity index (χ4v) is 3.77. The van der Waals surface area contributed by atoms with Crippen molar-refractivity contribution < 1.29 is 32.5 Å². The SMILES string of the molecule is COc1ccc(N(CCc2ccc(C(F)(F)F)cc2)C(=O)C(c2ccccc2)C(N)O)cc1OC. The lowest BCUT2D eigenvalue weighted by Crippen LogP contribution is -2.43. The Morgan fingerprint density at radius 2 is 1.60 bits per heavy atom. The van der Waals surface area contributed by atoms with E-state index < -0.39 is 29.8 Å². The number of alkyl halides is 3. The van der Waals surface area contributed by atoms with Gasteiger partial charge in [0.05, 0.1) is 19.8 Å². The summed E-state index contributed by atoms with van der Waals surface area (Å²) in [6, 6.07) is 18.4. The van der Waals surface area contributed by atoms with E-state index in [1.54, 1.807) is 48.5 Å². The quantitative estimate of drug-likeness (QED) is 0.438. The number of amides is 1. The van der Waals surface area contributed by atoms with Gasteiger partial charge in [0.1, 0.15) is 12.1 Å². The van der Waals surface area contributed by atoms with Crippen molar-refractivity contribution >= 4 is 11.6 Å². The first-order chi connectivity index (χ1) is 16.7. The van der Waals surface area contributed by atoms with Crippen molar-refractivity contribution in [3.8, 4) is 11.5 Å². The molecule has 0 saturated carbocycles. The van der Waals surface area contributed by atoms with Crippen molar-refractivity contribution in [3.05, 3.63) is 89.5 Å². The molecule has 3 rings (SSSR count). The van der Waals surface area contributed by atoms with Gasteiger partial charge in [0.25, 0.3) is 0 Å². The number of carbonyl (C=O) groups excluding carboxylic acids is 1. The molecule has 3 aromatic rings. The Balaban J connectivity index is 1.96. The van der Waals surface area contributed by atoms with E-state index in [1.165, 1.54) is 31.3 Å². The van der Waals surface area contributed by atoms with Crippen LogP contribution in [0.3, 0.4) is 0 Å². The van der Waals surface area contributed by atoms with Crippen molar-refractivity contribution in [3.63, 3.8) is 0 Å². The van der Waals surface area contributed by atoms with E-state index in [9.17, 15) is 23.1 Å². The third-order valence-electron chi connectivity index (χ3n) is 5.62. The first kappa shape index (κ1) is 26.1. The number of anilines is 1. The van der Waals surface area contributed by atoms with E-state index in [0.717, 1.165) is 12.1 Å². The fraction of sp³-hybridized carbons (Fsp3) is 0.269. The Kier molecular flexibility index (Phi) is 8.37. The molecule has 0 heterocycles. The Morgan fingerprint density at radius 1 is 0.971 bits per heavy atom. The Morgan fingerprint density at radius 3 is 2.14 bits per heavy atom. The summed E-state index contributed by atoms with van der Waals surface area (Å²) < 4.78 is 49.4. The number of benzene rings is 3. The maximum atomic E-state index is 13.7. The highest BCUT2D eigenvalue weighted by Gasteiger charge is 2.32. The first-order valence-corrected chi connectivity index (χ1v) is 10.8. The largest absolute Gasteiger partial charge is 0.493 e. The number of nitrogens with two attached hydrogens (primary N) is 1. The van der Waals surface area contributed by atoms with Crippen molar-refractivity contribution in [2.45, 2.75) is 24.7 Å². The van der Waals surface area contributed by atoms with Crippen LogP contribution in [-0.4, -0.2) is 38.0 Å². The molecule has 0 saturated heterocycles. The lowest BCUT2D eigenvalue weighted by molar-refractivity contribution is -0.137. The topological polar surface area (TPSA) is 85.0 Å². The number of hydrogen-bond acceptors (Lipinski definition) is 5. The van der Waals surface area contributed by atoms with Gasteiger partial charge in [0, 0.05) is 18.3 Å². The zero-order valence-electron chi connectivity index (χ0n) is 19.3. The second-order valence-electron chi connectivity index (χ2n) is 7.85. The molecule has 1 amide bonds. The minimum absolute atomic E-state index is 0.121. The summed E-state index contributed by atoms with van der Waals surface area (Å²) in [6.45, 7) is 0.121. The molecule has 0 spiro atoms. The van der Waals surface area contributed by atoms with Gasteiger partial charge in [0.15, 0.2) is 11.5 Å². The van der Waals surface area contributed by atoms with Crippen LogP contribution in [0.25, 0.3) is 0 Å². The van der Waals surface area contributed by atoms with Gasteiger partial charge in [-0.25, -0.2) is 0 Å². The summed E-state index contributed by atoms with van der Waals surface area (Å²) in [5.74, 6) is -0.672. The summed E-state index contributed by atoms with van der Waals surface area (Å²) in [6.07, 6.45) is -5.64. The van der Waals surface area contributed by atoms with Gasteiger partial charge >= 0.3 is 6.18 Å². The third-order valence-corrected chi connectivity index (χ3v) is 5.62. The van der Waals surface area contributed by atoms with Crippen molar-refractivity contribution in [2.24, 2.45) is 5.73 Å². The van der Waals surface area contributed by atoms with Crippen LogP contribution in [0.1, 0.15) is 22.6 Å². The molecule has 6 nitrogen and oxygen atoms in total. The zero-order valence-corrected chi connectivity index (χ0v) is 19.3. The Hall–Kier alpha value is -3.56. The van der Waals surface area contributed by atoms with E-state index >= 15 is 0 Å². The zero-order chi connectivity index (χ0) is 25.6. The predicted octanol–water partition coefficient (Wildman–Crippen LogP) is 4.36. The van der Waals surface area contributed by atoms with Gasteiger partial charge in [-0.2, -0.15) is 13.2 Å². The lowest BCUT2D eigenvalue weighted by Gasteiger charge is -2.29. The van der Waals surface area contributed by atoms with Gasteiger partial charge < -0.3 is 25.2 Å². The van der Waals surface area contributed by atoms with E-state index in [0.29, 0.717) is 28.3 Å². The second kappa shape index (κ2) is 11.2. The predicted molar refractivity (Wildman–Crippen MR) is 126 cm³/mol. The summed E-state index contributed by atoms with van der Waals surface area (Å²) in [7, 11) is 2.95. The molecule has 0 aliphatic carbocycles. The van der Waals surface area contributed by atoms with E-state index in [2.05, 4.69) is 0 Å². The van der Waals surface area contributed by atoms with Gasteiger partial charge in [-0.1, -0.05) is 42.5 Å². The van der Waals surface area contributed by atoms with Crippen LogP contribution in [0, 0.1) is 0 Å². The molecule has 0 radical (unpaired) electrons. The molecule has 3 aromatic carbocycles. The van der Waals surface area contributed by atoms with Crippen molar-refractivity contribution in [1.82, 2.24) is 0 Å². The minimum Gasteiger partial charge on any atom is -0.493 e. The monoisotopic (exact) mass is 488 g/mol. The van der Waals surface area contributed by atoms with Crippen molar-refractivity contribution in [1.29, 1.82) is 0 Å². The number of rotatable bonds is 9. The summed E-state index contributed by atoms with van der Waals surface area (Å²) in [5, 5.41) is 10.3. The van der Waals surface area contributed by atoms with E-state index in [4.69, 9.17) is 15.2 Å². The number of aliphatic hydroxyl groups excluding tert-OH is 1. The molecule has 9 heteroatoms. The van der Waals surface area contributed by atoms with E-state index in [1.807, 2.05) is 0 Å². The summed E-state index contributed by atoms with van der Waals surface area (Å²) in [4.78, 5) is 15.1. The van der Waals surface area contributed by atoms with Gasteiger partial charge in [0.2, 0.25) is 5.91 Å². The highest BCUT2D eigenvalue weighted by Crippen LogP contribution is 2.34. The molecule has 35 heavy (non-hydrogen) atoms. The van der Waals surface area contributed by atoms with Crippen LogP contribution < -0.4 is 20.1 Å². The number of halogens is 3. The van der Waals surface area contributed by atoms with Crippen LogP contribution in [0.5, 0.6) is 11.5 Å². The number of nitrogens with zero attached hydrogens (tertiary/aromatic N) is 1. The van der Waals surface area contributed by atoms with Gasteiger partial charge in [-0.05, 0) is 41.8 Å². The molecule has 2 unspecified atom stereocenters. The molecule has 0 aliphatic rings. The highest BCUT2D eigenvalue weighted by molar-refractivity contribution is 5.98. The smallest absolute Gasteiger partial charge is 0.416 e. The lowest BCUT2D eigenvalue weighted by atomic mass is 9.95. The first-order valence-electron chi connectivity index (χ1n) is 10.8. The van der Waals surface area contributed by atoms with Crippen LogP contribution in [0.4, 0.5) is 18.9 Å². The number of aliphatic hydroxyl groups is 1. The summed E-state index contributed by atoms with van der Waals surface area (Å²) in [5.41, 5.74) is 6.67. The molecule has 0 aromatic heterocycles. The number of ether oxygens (including phenoxy) is 2. The third kappa shape index (κ3) is 6.32. The molecular formula is C26H27F3N2O4. The van der Waals surface area contributed by atoms with Crippen LogP contribution >= 0.6 is 0 Å². The number of methoxy groups -OCH3 is 2. The highest BCUT2D eigenvalue weighted by atomic mass is 19.4. The fourth-order valence-electron chi connectivity index (χ4n) is 3.77. The maximum absolute atomic E-state index is 13.7. The second-order valence-corrected chi connectivity index (χ2v) is 7.85. The average Bonchev–Trinajstić information content (AvgIpc) is 2.84. The maximum Gasteiger partial charge on any atom is 0.416 e. The van der Waals surface area contributed by atoms with Crippen LogP contribution in [-0.2, 0) is 17.4 Å². The molecule has 0 fully saturated rings. The number of carbonyl (C=O) groups is 1. The molecule has 2 atom stereocenters. The van der Waals surface area contributed by atoms with Gasteiger partial charge in [-0.3, -0.25) is 4.79 Å². The minimum atomic E-state index is -4.43. The van der Waals surface area contributed by atoms with E-state index in [-0.39, 0.29) is 13.0 Å². The molecule has 186 valence electrons. The molecular weight excluding hydrogens is 461 g/mol. The van der Waals surface area contributed by atoms with Crippen LogP contribution in [0.2, 0.25) is 0 Å². The molecule has 0 aliphatic heterocycles.